The van der Waals surface area contributed by atoms with Gasteiger partial charge in [-0.3, -0.25) is 0 Å². The van der Waals surface area contributed by atoms with Crippen molar-refractivity contribution >= 4 is 35.8 Å². The van der Waals surface area contributed by atoms with E-state index in [9.17, 15) is 0 Å². The molecule has 25 heavy (non-hydrogen) atoms. The van der Waals surface area contributed by atoms with Crippen LogP contribution in [0.15, 0.2) is 23.3 Å². The number of aromatic nitrogens is 1. The average molecular weight is 457 g/mol. The zero-order chi connectivity index (χ0) is 16.8. The fourth-order valence-corrected chi connectivity index (χ4v) is 3.22. The van der Waals surface area contributed by atoms with E-state index in [1.807, 2.05) is 6.20 Å². The van der Waals surface area contributed by atoms with E-state index in [1.54, 1.807) is 0 Å². The Morgan fingerprint density at radius 2 is 2.00 bits per heavy atom. The van der Waals surface area contributed by atoms with Gasteiger partial charge < -0.3 is 15.5 Å². The molecule has 0 aromatic carbocycles. The van der Waals surface area contributed by atoms with Gasteiger partial charge in [0.15, 0.2) is 5.96 Å². The number of rotatable bonds is 5. The Balaban J connectivity index is 0.00000225. The molecule has 2 unspecified atom stereocenters. The maximum Gasteiger partial charge on any atom is 0.191 e. The minimum atomic E-state index is 0. The van der Waals surface area contributed by atoms with Gasteiger partial charge in [0.1, 0.15) is 5.82 Å². The van der Waals surface area contributed by atoms with Crippen LogP contribution in [-0.2, 0) is 6.54 Å². The summed E-state index contributed by atoms with van der Waals surface area (Å²) in [6.45, 7) is 8.23. The molecule has 1 aliphatic carbocycles. The quantitative estimate of drug-likeness (QED) is 0.404. The highest BCUT2D eigenvalue weighted by molar-refractivity contribution is 14.0. The van der Waals surface area contributed by atoms with Gasteiger partial charge >= 0.3 is 0 Å². The molecule has 1 aromatic heterocycles. The van der Waals surface area contributed by atoms with E-state index in [2.05, 4.69) is 46.5 Å². The minimum absolute atomic E-state index is 0. The molecule has 6 heteroatoms. The van der Waals surface area contributed by atoms with Gasteiger partial charge in [0.05, 0.1) is 6.54 Å². The Morgan fingerprint density at radius 3 is 2.64 bits per heavy atom. The van der Waals surface area contributed by atoms with Crippen LogP contribution in [0.25, 0.3) is 0 Å². The van der Waals surface area contributed by atoms with Crippen LogP contribution >= 0.6 is 24.0 Å². The van der Waals surface area contributed by atoms with Gasteiger partial charge in [-0.25, -0.2) is 9.98 Å². The van der Waals surface area contributed by atoms with E-state index in [0.717, 1.165) is 37.3 Å². The molecule has 2 aliphatic rings. The normalized spacial score (nSPS) is 23.4. The number of anilines is 1. The molecule has 1 aliphatic heterocycles. The first-order chi connectivity index (χ1) is 11.8. The van der Waals surface area contributed by atoms with E-state index in [-0.39, 0.29) is 24.0 Å². The summed E-state index contributed by atoms with van der Waals surface area (Å²) in [5, 5.41) is 6.85. The third kappa shape index (κ3) is 6.31. The lowest BCUT2D eigenvalue weighted by Gasteiger charge is -2.21. The van der Waals surface area contributed by atoms with Crippen LogP contribution in [0.4, 0.5) is 5.82 Å². The first-order valence-corrected chi connectivity index (χ1v) is 9.51. The summed E-state index contributed by atoms with van der Waals surface area (Å²) in [7, 11) is 0. The fourth-order valence-electron chi connectivity index (χ4n) is 3.22. The number of pyridine rings is 1. The van der Waals surface area contributed by atoms with Crippen LogP contribution in [0.3, 0.4) is 0 Å². The highest BCUT2D eigenvalue weighted by Gasteiger charge is 2.33. The SMILES string of the molecule is CCNC(=NCc1ccnc(N2CCCCCC2)c1)NC1CC1C.I. The van der Waals surface area contributed by atoms with Crippen molar-refractivity contribution in [2.45, 2.75) is 58.5 Å². The summed E-state index contributed by atoms with van der Waals surface area (Å²) in [4.78, 5) is 11.8. The molecule has 0 spiro atoms. The van der Waals surface area contributed by atoms with Crippen molar-refractivity contribution in [1.29, 1.82) is 0 Å². The van der Waals surface area contributed by atoms with Gasteiger partial charge in [0.2, 0.25) is 0 Å². The molecule has 2 atom stereocenters. The van der Waals surface area contributed by atoms with Gasteiger partial charge in [-0.1, -0.05) is 19.8 Å². The topological polar surface area (TPSA) is 52.6 Å². The predicted octanol–water partition coefficient (Wildman–Crippen LogP) is 3.54. The molecule has 0 radical (unpaired) electrons. The Bertz CT molecular complexity index is 555. The number of halogens is 1. The number of nitrogens with zero attached hydrogens (tertiary/aromatic N) is 3. The van der Waals surface area contributed by atoms with Crippen LogP contribution < -0.4 is 15.5 Å². The Labute approximate surface area is 169 Å². The molecule has 2 heterocycles. The third-order valence-electron chi connectivity index (χ3n) is 4.94. The molecule has 0 bridgehead atoms. The molecule has 1 aromatic rings. The monoisotopic (exact) mass is 457 g/mol. The van der Waals surface area contributed by atoms with Crippen molar-refractivity contribution in [3.63, 3.8) is 0 Å². The summed E-state index contributed by atoms with van der Waals surface area (Å²) in [5.74, 6) is 2.81. The van der Waals surface area contributed by atoms with Crippen molar-refractivity contribution in [2.24, 2.45) is 10.9 Å². The number of nitrogens with one attached hydrogen (secondary N) is 2. The summed E-state index contributed by atoms with van der Waals surface area (Å²) in [6.07, 6.45) is 8.42. The highest BCUT2D eigenvalue weighted by Crippen LogP contribution is 2.28. The lowest BCUT2D eigenvalue weighted by atomic mass is 10.2. The summed E-state index contributed by atoms with van der Waals surface area (Å²) in [6, 6.07) is 4.87. The Morgan fingerprint density at radius 1 is 1.28 bits per heavy atom. The minimum Gasteiger partial charge on any atom is -0.357 e. The molecular formula is C19H32IN5. The first-order valence-electron chi connectivity index (χ1n) is 9.51. The predicted molar refractivity (Wildman–Crippen MR) is 116 cm³/mol. The van der Waals surface area contributed by atoms with Crippen LogP contribution in [0.5, 0.6) is 0 Å². The van der Waals surface area contributed by atoms with E-state index >= 15 is 0 Å². The van der Waals surface area contributed by atoms with Crippen molar-refractivity contribution < 1.29 is 0 Å². The molecule has 3 rings (SSSR count). The maximum atomic E-state index is 4.75. The second-order valence-corrected chi connectivity index (χ2v) is 7.08. The molecule has 1 saturated heterocycles. The van der Waals surface area contributed by atoms with Gasteiger partial charge in [0, 0.05) is 31.9 Å². The summed E-state index contributed by atoms with van der Waals surface area (Å²) in [5.41, 5.74) is 1.23. The second kappa shape index (κ2) is 10.2. The molecule has 2 fully saturated rings. The number of guanidine groups is 1. The van der Waals surface area contributed by atoms with Crippen LogP contribution in [0.2, 0.25) is 0 Å². The standard InChI is InChI=1S/C19H31N5.HI/c1-3-20-19(23-17-12-15(17)2)22-14-16-8-9-21-18(13-16)24-10-6-4-5-7-11-24;/h8-9,13,15,17H,3-7,10-12,14H2,1-2H3,(H2,20,22,23);1H. The Kier molecular flexibility index (Phi) is 8.26. The molecule has 1 saturated carbocycles. The molecule has 5 nitrogen and oxygen atoms in total. The van der Waals surface area contributed by atoms with Crippen molar-refractivity contribution in [3.8, 4) is 0 Å². The van der Waals surface area contributed by atoms with Gasteiger partial charge in [-0.15, -0.1) is 24.0 Å². The molecular weight excluding hydrogens is 425 g/mol. The van der Waals surface area contributed by atoms with Crippen molar-refractivity contribution in [1.82, 2.24) is 15.6 Å². The summed E-state index contributed by atoms with van der Waals surface area (Å²) < 4.78 is 0. The first kappa shape index (κ1) is 20.3. The smallest absolute Gasteiger partial charge is 0.191 e. The van der Waals surface area contributed by atoms with Gasteiger partial charge in [0.25, 0.3) is 0 Å². The number of aliphatic imine (C=N–C) groups is 1. The molecule has 140 valence electrons. The largest absolute Gasteiger partial charge is 0.357 e. The van der Waals surface area contributed by atoms with Gasteiger partial charge in [-0.2, -0.15) is 0 Å². The van der Waals surface area contributed by atoms with Crippen LogP contribution in [0.1, 0.15) is 51.5 Å². The molecule has 2 N–H and O–H groups in total. The Hall–Kier alpha value is -1.05. The van der Waals surface area contributed by atoms with E-state index in [0.29, 0.717) is 12.6 Å². The highest BCUT2D eigenvalue weighted by atomic mass is 127. The zero-order valence-corrected chi connectivity index (χ0v) is 17.8. The van der Waals surface area contributed by atoms with Crippen molar-refractivity contribution in [2.75, 3.05) is 24.5 Å². The van der Waals surface area contributed by atoms with Crippen LogP contribution in [-0.4, -0.2) is 36.6 Å². The maximum absolute atomic E-state index is 4.75. The van der Waals surface area contributed by atoms with Gasteiger partial charge in [-0.05, 0) is 49.8 Å². The fraction of sp³-hybridized carbons (Fsp3) is 0.684. The number of hydrogen-bond donors (Lipinski definition) is 2. The lowest BCUT2D eigenvalue weighted by molar-refractivity contribution is 0.726. The second-order valence-electron chi connectivity index (χ2n) is 7.08. The van der Waals surface area contributed by atoms with E-state index < -0.39 is 0 Å². The van der Waals surface area contributed by atoms with Crippen molar-refractivity contribution in [3.05, 3.63) is 23.9 Å². The third-order valence-corrected chi connectivity index (χ3v) is 4.94. The van der Waals surface area contributed by atoms with Crippen LogP contribution in [0, 0.1) is 5.92 Å². The lowest BCUT2D eigenvalue weighted by Crippen LogP contribution is -2.39. The zero-order valence-electron chi connectivity index (χ0n) is 15.5. The molecule has 0 amide bonds. The number of hydrogen-bond acceptors (Lipinski definition) is 3. The van der Waals surface area contributed by atoms with E-state index in [4.69, 9.17) is 4.99 Å². The summed E-state index contributed by atoms with van der Waals surface area (Å²) >= 11 is 0. The van der Waals surface area contributed by atoms with E-state index in [1.165, 1.54) is 37.7 Å². The average Bonchev–Trinajstić information content (AvgIpc) is 3.35.